The maximum atomic E-state index is 11.4. The first-order valence-electron chi connectivity index (χ1n) is 4.26. The Bertz CT molecular complexity index is 219. The highest BCUT2D eigenvalue weighted by atomic mass is 32.2. The van der Waals surface area contributed by atoms with Gasteiger partial charge in [-0.15, -0.1) is 11.8 Å². The summed E-state index contributed by atoms with van der Waals surface area (Å²) in [6.07, 6.45) is 1.22. The fourth-order valence-electron chi connectivity index (χ4n) is 1.25. The van der Waals surface area contributed by atoms with Crippen LogP contribution in [0.3, 0.4) is 0 Å². The van der Waals surface area contributed by atoms with E-state index >= 15 is 0 Å². The zero-order chi connectivity index (χ0) is 9.84. The average molecular weight is 203 g/mol. The maximum Gasteiger partial charge on any atom is 0.327 e. The second-order valence-electron chi connectivity index (χ2n) is 2.97. The van der Waals surface area contributed by atoms with Crippen LogP contribution in [-0.2, 0) is 9.59 Å². The lowest BCUT2D eigenvalue weighted by Gasteiger charge is -2.19. The maximum absolute atomic E-state index is 11.4. The predicted octanol–water partition coefficient (Wildman–Crippen LogP) is 0.773. The molecule has 1 rings (SSSR count). The Morgan fingerprint density at radius 2 is 2.31 bits per heavy atom. The highest BCUT2D eigenvalue weighted by molar-refractivity contribution is 7.99. The summed E-state index contributed by atoms with van der Waals surface area (Å²) in [5, 5.41) is 8.79. The van der Waals surface area contributed by atoms with E-state index in [4.69, 9.17) is 5.11 Å². The minimum Gasteiger partial charge on any atom is -0.480 e. The van der Waals surface area contributed by atoms with Crippen molar-refractivity contribution in [3.8, 4) is 0 Å². The number of carbonyl (C=O) groups excluding carboxylic acids is 1. The molecule has 0 saturated carbocycles. The van der Waals surface area contributed by atoms with E-state index in [1.165, 1.54) is 16.7 Å². The molecule has 13 heavy (non-hydrogen) atoms. The lowest BCUT2D eigenvalue weighted by Crippen LogP contribution is -2.41. The van der Waals surface area contributed by atoms with E-state index in [-0.39, 0.29) is 5.91 Å². The van der Waals surface area contributed by atoms with Crippen LogP contribution in [0.2, 0.25) is 0 Å². The number of carbonyl (C=O) groups is 2. The van der Waals surface area contributed by atoms with Gasteiger partial charge in [-0.25, -0.2) is 4.79 Å². The van der Waals surface area contributed by atoms with Gasteiger partial charge in [0, 0.05) is 12.2 Å². The number of rotatable bonds is 3. The minimum absolute atomic E-state index is 0.0418. The van der Waals surface area contributed by atoms with Crippen LogP contribution < -0.4 is 0 Å². The van der Waals surface area contributed by atoms with Gasteiger partial charge < -0.3 is 10.0 Å². The SMILES string of the molecule is CCCC(=O)N1CSC[C@H]1C(=O)O. The summed E-state index contributed by atoms with van der Waals surface area (Å²) in [5.74, 6) is 0.106. The molecule has 0 aromatic carbocycles. The van der Waals surface area contributed by atoms with Crippen molar-refractivity contribution in [2.75, 3.05) is 11.6 Å². The molecular formula is C8H13NO3S. The van der Waals surface area contributed by atoms with Crippen LogP contribution in [0.15, 0.2) is 0 Å². The van der Waals surface area contributed by atoms with Gasteiger partial charge in [0.25, 0.3) is 0 Å². The molecular weight excluding hydrogens is 190 g/mol. The van der Waals surface area contributed by atoms with Crippen LogP contribution in [0.4, 0.5) is 0 Å². The van der Waals surface area contributed by atoms with E-state index in [9.17, 15) is 9.59 Å². The number of aliphatic carboxylic acids is 1. The zero-order valence-electron chi connectivity index (χ0n) is 7.52. The smallest absolute Gasteiger partial charge is 0.327 e. The van der Waals surface area contributed by atoms with Crippen molar-refractivity contribution in [3.05, 3.63) is 0 Å². The number of hydrogen-bond acceptors (Lipinski definition) is 3. The summed E-state index contributed by atoms with van der Waals surface area (Å²) >= 11 is 1.50. The fraction of sp³-hybridized carbons (Fsp3) is 0.750. The van der Waals surface area contributed by atoms with E-state index in [1.54, 1.807) is 0 Å². The lowest BCUT2D eigenvalue weighted by atomic mass is 10.2. The third-order valence-electron chi connectivity index (χ3n) is 1.95. The first-order chi connectivity index (χ1) is 6.16. The molecule has 1 fully saturated rings. The van der Waals surface area contributed by atoms with Crippen LogP contribution in [0, 0.1) is 0 Å². The van der Waals surface area contributed by atoms with Crippen molar-refractivity contribution < 1.29 is 14.7 Å². The molecule has 0 spiro atoms. The number of thioether (sulfide) groups is 1. The molecule has 1 N–H and O–H groups in total. The van der Waals surface area contributed by atoms with E-state index in [1.807, 2.05) is 6.92 Å². The molecule has 1 heterocycles. The molecule has 0 radical (unpaired) electrons. The number of amides is 1. The van der Waals surface area contributed by atoms with Crippen molar-refractivity contribution in [3.63, 3.8) is 0 Å². The summed E-state index contributed by atoms with van der Waals surface area (Å²) in [6, 6.07) is -0.607. The summed E-state index contributed by atoms with van der Waals surface area (Å²) in [5.41, 5.74) is 0. The molecule has 1 aliphatic heterocycles. The third-order valence-corrected chi connectivity index (χ3v) is 2.96. The molecule has 74 valence electrons. The van der Waals surface area contributed by atoms with Gasteiger partial charge in [0.05, 0.1) is 5.88 Å². The third kappa shape index (κ3) is 2.37. The largest absolute Gasteiger partial charge is 0.480 e. The van der Waals surface area contributed by atoms with Crippen LogP contribution in [0.25, 0.3) is 0 Å². The first kappa shape index (κ1) is 10.4. The second-order valence-corrected chi connectivity index (χ2v) is 3.97. The minimum atomic E-state index is -0.894. The molecule has 5 heteroatoms. The molecule has 0 aromatic heterocycles. The van der Waals surface area contributed by atoms with Gasteiger partial charge in [0.15, 0.2) is 0 Å². The number of carboxylic acids is 1. The Balaban J connectivity index is 2.57. The van der Waals surface area contributed by atoms with Crippen molar-refractivity contribution in [2.45, 2.75) is 25.8 Å². The van der Waals surface area contributed by atoms with Crippen LogP contribution >= 0.6 is 11.8 Å². The van der Waals surface area contributed by atoms with E-state index in [2.05, 4.69) is 0 Å². The Morgan fingerprint density at radius 3 is 2.85 bits per heavy atom. The summed E-state index contributed by atoms with van der Waals surface area (Å²) in [6.45, 7) is 1.91. The monoisotopic (exact) mass is 203 g/mol. The number of nitrogens with zero attached hydrogens (tertiary/aromatic N) is 1. The molecule has 0 aliphatic carbocycles. The van der Waals surface area contributed by atoms with Crippen molar-refractivity contribution in [1.29, 1.82) is 0 Å². The van der Waals surface area contributed by atoms with Gasteiger partial charge in [-0.1, -0.05) is 6.92 Å². The van der Waals surface area contributed by atoms with Crippen molar-refractivity contribution in [1.82, 2.24) is 4.90 Å². The fourth-order valence-corrected chi connectivity index (χ4v) is 2.42. The van der Waals surface area contributed by atoms with Gasteiger partial charge >= 0.3 is 5.97 Å². The normalized spacial score (nSPS) is 21.9. The highest BCUT2D eigenvalue weighted by Crippen LogP contribution is 2.21. The predicted molar refractivity (Wildman–Crippen MR) is 50.5 cm³/mol. The van der Waals surface area contributed by atoms with Gasteiger partial charge in [-0.3, -0.25) is 4.79 Å². The van der Waals surface area contributed by atoms with E-state index in [0.29, 0.717) is 18.1 Å². The summed E-state index contributed by atoms with van der Waals surface area (Å²) < 4.78 is 0. The standard InChI is InChI=1S/C8H13NO3S/c1-2-3-7(10)9-5-13-4-6(9)8(11)12/h6H,2-5H2,1H3,(H,11,12)/t6-/m0/s1. The molecule has 1 amide bonds. The Morgan fingerprint density at radius 1 is 1.62 bits per heavy atom. The molecule has 1 atom stereocenters. The Kier molecular flexibility index (Phi) is 3.59. The molecule has 0 unspecified atom stereocenters. The second kappa shape index (κ2) is 4.50. The van der Waals surface area contributed by atoms with Crippen LogP contribution in [0.1, 0.15) is 19.8 Å². The van der Waals surface area contributed by atoms with E-state index in [0.717, 1.165) is 6.42 Å². The van der Waals surface area contributed by atoms with Crippen molar-refractivity contribution >= 4 is 23.6 Å². The topological polar surface area (TPSA) is 57.6 Å². The lowest BCUT2D eigenvalue weighted by molar-refractivity contribution is -0.147. The summed E-state index contributed by atoms with van der Waals surface area (Å²) in [4.78, 5) is 23.6. The van der Waals surface area contributed by atoms with Gasteiger partial charge in [-0.2, -0.15) is 0 Å². The number of hydrogen-bond donors (Lipinski definition) is 1. The van der Waals surface area contributed by atoms with Crippen LogP contribution in [0.5, 0.6) is 0 Å². The number of carboxylic acid groups (broad SMARTS) is 1. The van der Waals surface area contributed by atoms with Gasteiger partial charge in [0.2, 0.25) is 5.91 Å². The van der Waals surface area contributed by atoms with Crippen LogP contribution in [-0.4, -0.2) is 39.6 Å². The quantitative estimate of drug-likeness (QED) is 0.736. The van der Waals surface area contributed by atoms with E-state index < -0.39 is 12.0 Å². The molecule has 0 aromatic rings. The molecule has 1 aliphatic rings. The zero-order valence-corrected chi connectivity index (χ0v) is 8.34. The molecule has 0 bridgehead atoms. The molecule has 1 saturated heterocycles. The van der Waals surface area contributed by atoms with Gasteiger partial charge in [0.1, 0.15) is 6.04 Å². The first-order valence-corrected chi connectivity index (χ1v) is 5.42. The highest BCUT2D eigenvalue weighted by Gasteiger charge is 2.33. The average Bonchev–Trinajstić information content (AvgIpc) is 2.52. The summed E-state index contributed by atoms with van der Waals surface area (Å²) in [7, 11) is 0. The molecule has 4 nitrogen and oxygen atoms in total. The Hall–Kier alpha value is -0.710. The Labute approximate surface area is 81.3 Å². The van der Waals surface area contributed by atoms with Gasteiger partial charge in [-0.05, 0) is 6.42 Å². The van der Waals surface area contributed by atoms with Crippen molar-refractivity contribution in [2.24, 2.45) is 0 Å².